The number of benzene rings is 1. The summed E-state index contributed by atoms with van der Waals surface area (Å²) in [5.41, 5.74) is 0.932. The molecule has 2 rings (SSSR count). The fraction of sp³-hybridized carbons (Fsp3) is 0.214. The van der Waals surface area contributed by atoms with Gasteiger partial charge in [0.25, 0.3) is 11.6 Å². The predicted molar refractivity (Wildman–Crippen MR) is 88.0 cm³/mol. The Bertz CT molecular complexity index is 900. The molecule has 1 amide bonds. The quantitative estimate of drug-likeness (QED) is 0.671. The second-order valence-corrected chi connectivity index (χ2v) is 8.28. The molecule has 0 fully saturated rings. The van der Waals surface area contributed by atoms with Gasteiger partial charge in [-0.2, -0.15) is 0 Å². The van der Waals surface area contributed by atoms with Crippen LogP contribution in [-0.2, 0) is 9.84 Å². The van der Waals surface area contributed by atoms with Crippen LogP contribution in [0.25, 0.3) is 0 Å². The summed E-state index contributed by atoms with van der Waals surface area (Å²) in [4.78, 5) is 23.3. The molecule has 0 saturated heterocycles. The first-order chi connectivity index (χ1) is 10.6. The number of nitro groups is 1. The van der Waals surface area contributed by atoms with Crippen molar-refractivity contribution in [2.75, 3.05) is 11.6 Å². The summed E-state index contributed by atoms with van der Waals surface area (Å²) in [6.45, 7) is 3.29. The van der Waals surface area contributed by atoms with Gasteiger partial charge in [0.1, 0.15) is 0 Å². The number of carbonyl (C=O) groups excluding carboxylic acids is 1. The second kappa shape index (κ2) is 6.09. The van der Waals surface area contributed by atoms with Crippen LogP contribution in [0.3, 0.4) is 0 Å². The fourth-order valence-corrected chi connectivity index (χ4v) is 3.45. The molecule has 0 spiro atoms. The van der Waals surface area contributed by atoms with Crippen molar-refractivity contribution in [2.45, 2.75) is 18.7 Å². The van der Waals surface area contributed by atoms with Gasteiger partial charge in [-0.05, 0) is 31.5 Å². The number of anilines is 1. The van der Waals surface area contributed by atoms with Crippen molar-refractivity contribution in [3.05, 3.63) is 49.7 Å². The highest BCUT2D eigenvalue weighted by atomic mass is 32.2. The van der Waals surface area contributed by atoms with Gasteiger partial charge in [-0.25, -0.2) is 8.42 Å². The molecule has 0 radical (unpaired) electrons. The molecule has 23 heavy (non-hydrogen) atoms. The number of rotatable bonds is 4. The van der Waals surface area contributed by atoms with Crippen LogP contribution in [0.4, 0.5) is 11.4 Å². The summed E-state index contributed by atoms with van der Waals surface area (Å²) >= 11 is 1.01. The maximum Gasteiger partial charge on any atom is 0.283 e. The topological polar surface area (TPSA) is 106 Å². The van der Waals surface area contributed by atoms with Crippen LogP contribution in [0, 0.1) is 24.0 Å². The Morgan fingerprint density at radius 3 is 2.43 bits per heavy atom. The molecule has 7 nitrogen and oxygen atoms in total. The van der Waals surface area contributed by atoms with Gasteiger partial charge in [0.15, 0.2) is 9.84 Å². The second-order valence-electron chi connectivity index (χ2n) is 5.01. The van der Waals surface area contributed by atoms with E-state index >= 15 is 0 Å². The lowest BCUT2D eigenvalue weighted by Gasteiger charge is -2.09. The van der Waals surface area contributed by atoms with Gasteiger partial charge in [-0.1, -0.05) is 6.07 Å². The molecule has 1 aromatic heterocycles. The summed E-state index contributed by atoms with van der Waals surface area (Å²) in [7, 11) is -3.39. The van der Waals surface area contributed by atoms with E-state index in [1.165, 1.54) is 18.2 Å². The van der Waals surface area contributed by atoms with Crippen molar-refractivity contribution in [2.24, 2.45) is 0 Å². The molecule has 122 valence electrons. The summed E-state index contributed by atoms with van der Waals surface area (Å²) in [6, 6.07) is 5.64. The molecular weight excluding hydrogens is 340 g/mol. The third-order valence-electron chi connectivity index (χ3n) is 3.20. The lowest BCUT2D eigenvalue weighted by molar-refractivity contribution is -0.385. The molecule has 2 aromatic rings. The highest BCUT2D eigenvalue weighted by Crippen LogP contribution is 2.29. The molecule has 0 atom stereocenters. The van der Waals surface area contributed by atoms with E-state index in [2.05, 4.69) is 5.32 Å². The number of nitrogens with one attached hydrogen (secondary N) is 1. The number of amides is 1. The van der Waals surface area contributed by atoms with Gasteiger partial charge in [0.05, 0.1) is 19.6 Å². The third kappa shape index (κ3) is 3.74. The highest BCUT2D eigenvalue weighted by Gasteiger charge is 2.20. The Morgan fingerprint density at radius 1 is 1.26 bits per heavy atom. The van der Waals surface area contributed by atoms with Crippen molar-refractivity contribution >= 4 is 38.5 Å². The number of aryl methyl sites for hydroxylation is 2. The van der Waals surface area contributed by atoms with E-state index in [1.54, 1.807) is 19.9 Å². The monoisotopic (exact) mass is 354 g/mol. The normalized spacial score (nSPS) is 11.3. The molecule has 1 aromatic carbocycles. The number of sulfone groups is 1. The van der Waals surface area contributed by atoms with E-state index in [9.17, 15) is 23.3 Å². The van der Waals surface area contributed by atoms with Gasteiger partial charge in [0.2, 0.25) is 0 Å². The van der Waals surface area contributed by atoms with Crippen molar-refractivity contribution < 1.29 is 18.1 Å². The first-order valence-electron chi connectivity index (χ1n) is 6.46. The average Bonchev–Trinajstić information content (AvgIpc) is 2.82. The van der Waals surface area contributed by atoms with Crippen molar-refractivity contribution in [1.29, 1.82) is 0 Å². The first kappa shape index (κ1) is 17.1. The Labute approximate surface area is 137 Å². The predicted octanol–water partition coefficient (Wildman–Crippen LogP) is 2.93. The minimum atomic E-state index is -3.39. The summed E-state index contributed by atoms with van der Waals surface area (Å²) in [6.07, 6.45) is 1.08. The van der Waals surface area contributed by atoms with E-state index in [0.717, 1.165) is 17.6 Å². The van der Waals surface area contributed by atoms with Gasteiger partial charge in [0, 0.05) is 18.0 Å². The fourth-order valence-electron chi connectivity index (χ4n) is 1.92. The molecule has 0 saturated carbocycles. The van der Waals surface area contributed by atoms with Gasteiger partial charge < -0.3 is 5.32 Å². The number of hydrogen-bond acceptors (Lipinski definition) is 6. The van der Waals surface area contributed by atoms with Crippen LogP contribution in [0.15, 0.2) is 29.2 Å². The number of thiophene rings is 1. The van der Waals surface area contributed by atoms with Gasteiger partial charge in [-0.15, -0.1) is 11.3 Å². The summed E-state index contributed by atoms with van der Waals surface area (Å²) < 4.78 is 23.2. The van der Waals surface area contributed by atoms with Crippen molar-refractivity contribution in [1.82, 2.24) is 0 Å². The highest BCUT2D eigenvalue weighted by molar-refractivity contribution is 7.90. The number of hydrogen-bond donors (Lipinski definition) is 1. The number of carbonyl (C=O) groups is 1. The minimum Gasteiger partial charge on any atom is -0.321 e. The Morgan fingerprint density at radius 2 is 1.91 bits per heavy atom. The van der Waals surface area contributed by atoms with E-state index < -0.39 is 20.7 Å². The molecule has 1 heterocycles. The SMILES string of the molecule is Cc1ccc(S(C)(=O)=O)cc1NC(=O)c1cc([N+](=O)[O-])c(C)s1. The minimum absolute atomic E-state index is 0.0896. The van der Waals surface area contributed by atoms with Gasteiger partial charge >= 0.3 is 0 Å². The lowest BCUT2D eigenvalue weighted by Crippen LogP contribution is -2.12. The zero-order valence-corrected chi connectivity index (χ0v) is 14.2. The Kier molecular flexibility index (Phi) is 4.53. The van der Waals surface area contributed by atoms with Crippen molar-refractivity contribution in [3.63, 3.8) is 0 Å². The molecule has 0 aliphatic carbocycles. The number of nitrogens with zero attached hydrogens (tertiary/aromatic N) is 1. The molecule has 0 bridgehead atoms. The van der Waals surface area contributed by atoms with Crippen LogP contribution >= 0.6 is 11.3 Å². The Balaban J connectivity index is 2.34. The molecule has 0 aliphatic rings. The lowest BCUT2D eigenvalue weighted by atomic mass is 10.2. The maximum atomic E-state index is 12.2. The zero-order valence-electron chi connectivity index (χ0n) is 12.6. The van der Waals surface area contributed by atoms with Crippen molar-refractivity contribution in [3.8, 4) is 0 Å². The zero-order chi connectivity index (χ0) is 17.4. The molecular formula is C14H14N2O5S2. The van der Waals surface area contributed by atoms with E-state index in [1.807, 2.05) is 0 Å². The molecule has 0 aliphatic heterocycles. The van der Waals surface area contributed by atoms with Gasteiger partial charge in [-0.3, -0.25) is 14.9 Å². The molecule has 1 N–H and O–H groups in total. The smallest absolute Gasteiger partial charge is 0.283 e. The molecule has 0 unspecified atom stereocenters. The van der Waals surface area contributed by atoms with Crippen LogP contribution in [0.1, 0.15) is 20.1 Å². The van der Waals surface area contributed by atoms with Crippen LogP contribution in [0.5, 0.6) is 0 Å². The van der Waals surface area contributed by atoms with Crippen LogP contribution < -0.4 is 5.32 Å². The van der Waals surface area contributed by atoms with Crippen LogP contribution in [-0.4, -0.2) is 25.5 Å². The first-order valence-corrected chi connectivity index (χ1v) is 9.17. The third-order valence-corrected chi connectivity index (χ3v) is 5.35. The summed E-state index contributed by atoms with van der Waals surface area (Å²) in [5, 5.41) is 13.4. The maximum absolute atomic E-state index is 12.2. The largest absolute Gasteiger partial charge is 0.321 e. The molecule has 9 heteroatoms. The summed E-state index contributed by atoms with van der Waals surface area (Å²) in [5.74, 6) is -0.514. The average molecular weight is 354 g/mol. The standard InChI is InChI=1S/C14H14N2O5S2/c1-8-4-5-10(23(3,20)21)6-11(8)15-14(17)13-7-12(16(18)19)9(2)22-13/h4-7H,1-3H3,(H,15,17). The van der Waals surface area contributed by atoms with E-state index in [0.29, 0.717) is 16.1 Å². The van der Waals surface area contributed by atoms with Crippen LogP contribution in [0.2, 0.25) is 0 Å². The Hall–Kier alpha value is -2.26. The van der Waals surface area contributed by atoms with E-state index in [-0.39, 0.29) is 15.5 Å². The van der Waals surface area contributed by atoms with E-state index in [4.69, 9.17) is 0 Å².